The van der Waals surface area contributed by atoms with Crippen molar-refractivity contribution < 1.29 is 8.78 Å². The maximum absolute atomic E-state index is 12.4. The van der Waals surface area contributed by atoms with Gasteiger partial charge in [0, 0.05) is 24.7 Å². The summed E-state index contributed by atoms with van der Waals surface area (Å²) < 4.78 is 24.9. The lowest BCUT2D eigenvalue weighted by Crippen LogP contribution is -2.43. The van der Waals surface area contributed by atoms with Crippen LogP contribution in [0.4, 0.5) is 8.78 Å². The lowest BCUT2D eigenvalue weighted by Gasteiger charge is -2.35. The second kappa shape index (κ2) is 7.78. The van der Waals surface area contributed by atoms with Crippen molar-refractivity contribution >= 4 is 12.4 Å². The standard InChI is InChI=1S/C14H20F2N2.ClH/c15-14(16)12-6-4-11(5-7-12)10-18-8-2-1-3-13(18)9-17;/h4-7,13-14H,1-3,8-10,17H2;1H. The summed E-state index contributed by atoms with van der Waals surface area (Å²) in [5.74, 6) is 0. The van der Waals surface area contributed by atoms with Gasteiger partial charge in [-0.2, -0.15) is 0 Å². The molecule has 0 aliphatic carbocycles. The van der Waals surface area contributed by atoms with Crippen molar-refractivity contribution in [3.63, 3.8) is 0 Å². The highest BCUT2D eigenvalue weighted by atomic mass is 35.5. The Bertz CT molecular complexity index is 370. The van der Waals surface area contributed by atoms with E-state index in [1.807, 2.05) is 0 Å². The topological polar surface area (TPSA) is 29.3 Å². The number of hydrogen-bond acceptors (Lipinski definition) is 2. The third-order valence-electron chi connectivity index (χ3n) is 3.64. The Morgan fingerprint density at radius 2 is 1.89 bits per heavy atom. The number of likely N-dealkylation sites (tertiary alicyclic amines) is 1. The first kappa shape index (κ1) is 16.3. The number of hydrogen-bond donors (Lipinski definition) is 1. The van der Waals surface area contributed by atoms with E-state index >= 15 is 0 Å². The van der Waals surface area contributed by atoms with Crippen LogP contribution >= 0.6 is 12.4 Å². The van der Waals surface area contributed by atoms with E-state index < -0.39 is 6.43 Å². The van der Waals surface area contributed by atoms with Crippen LogP contribution in [0.3, 0.4) is 0 Å². The highest BCUT2D eigenvalue weighted by Crippen LogP contribution is 2.22. The normalized spacial score (nSPS) is 20.3. The van der Waals surface area contributed by atoms with E-state index in [1.165, 1.54) is 25.0 Å². The third-order valence-corrected chi connectivity index (χ3v) is 3.64. The summed E-state index contributed by atoms with van der Waals surface area (Å²) in [5, 5.41) is 0. The fourth-order valence-electron chi connectivity index (χ4n) is 2.54. The zero-order valence-corrected chi connectivity index (χ0v) is 11.7. The van der Waals surface area contributed by atoms with Gasteiger partial charge in [-0.15, -0.1) is 12.4 Å². The quantitative estimate of drug-likeness (QED) is 0.921. The van der Waals surface area contributed by atoms with E-state index in [2.05, 4.69) is 4.90 Å². The van der Waals surface area contributed by atoms with Crippen LogP contribution in [-0.2, 0) is 6.54 Å². The van der Waals surface area contributed by atoms with Gasteiger partial charge >= 0.3 is 0 Å². The van der Waals surface area contributed by atoms with Gasteiger partial charge in [-0.3, -0.25) is 4.90 Å². The molecule has 1 saturated heterocycles. The minimum Gasteiger partial charge on any atom is -0.329 e. The zero-order valence-electron chi connectivity index (χ0n) is 10.9. The summed E-state index contributed by atoms with van der Waals surface area (Å²) in [4.78, 5) is 2.36. The number of piperidine rings is 1. The van der Waals surface area contributed by atoms with Gasteiger partial charge in [-0.25, -0.2) is 8.78 Å². The molecule has 0 amide bonds. The van der Waals surface area contributed by atoms with Crippen LogP contribution in [0.5, 0.6) is 0 Å². The minimum atomic E-state index is -2.38. The second-order valence-electron chi connectivity index (χ2n) is 4.90. The molecule has 2 N–H and O–H groups in total. The smallest absolute Gasteiger partial charge is 0.263 e. The first-order chi connectivity index (χ1) is 8.70. The Kier molecular flexibility index (Phi) is 6.69. The molecule has 2 rings (SSSR count). The molecule has 1 aliphatic heterocycles. The first-order valence-corrected chi connectivity index (χ1v) is 6.52. The Labute approximate surface area is 119 Å². The van der Waals surface area contributed by atoms with Gasteiger partial charge in [-0.05, 0) is 24.9 Å². The summed E-state index contributed by atoms with van der Waals surface area (Å²) in [6.07, 6.45) is 1.20. The van der Waals surface area contributed by atoms with Gasteiger partial charge in [0.05, 0.1) is 0 Å². The molecular formula is C14H21ClF2N2. The van der Waals surface area contributed by atoms with E-state index in [-0.39, 0.29) is 18.0 Å². The highest BCUT2D eigenvalue weighted by molar-refractivity contribution is 5.85. The van der Waals surface area contributed by atoms with E-state index in [0.29, 0.717) is 12.6 Å². The van der Waals surface area contributed by atoms with Crippen LogP contribution in [0.15, 0.2) is 24.3 Å². The van der Waals surface area contributed by atoms with Gasteiger partial charge in [0.25, 0.3) is 6.43 Å². The first-order valence-electron chi connectivity index (χ1n) is 6.52. The van der Waals surface area contributed by atoms with Crippen molar-refractivity contribution in [1.29, 1.82) is 0 Å². The average molecular weight is 291 g/mol. The molecule has 1 unspecified atom stereocenters. The molecule has 0 aromatic heterocycles. The number of alkyl halides is 2. The monoisotopic (exact) mass is 290 g/mol. The van der Waals surface area contributed by atoms with Crippen molar-refractivity contribution in [1.82, 2.24) is 4.90 Å². The molecule has 0 spiro atoms. The Morgan fingerprint density at radius 1 is 1.21 bits per heavy atom. The molecule has 1 aromatic rings. The van der Waals surface area contributed by atoms with Gasteiger partial charge < -0.3 is 5.73 Å². The van der Waals surface area contributed by atoms with Crippen LogP contribution < -0.4 is 5.73 Å². The molecule has 5 heteroatoms. The molecule has 1 aliphatic rings. The molecule has 1 aromatic carbocycles. The fraction of sp³-hybridized carbons (Fsp3) is 0.571. The lowest BCUT2D eigenvalue weighted by atomic mass is 10.0. The molecule has 1 atom stereocenters. The second-order valence-corrected chi connectivity index (χ2v) is 4.90. The molecule has 2 nitrogen and oxygen atoms in total. The van der Waals surface area contributed by atoms with Crippen molar-refractivity contribution in [2.75, 3.05) is 13.1 Å². The Morgan fingerprint density at radius 3 is 2.47 bits per heavy atom. The van der Waals surface area contributed by atoms with E-state index in [4.69, 9.17) is 5.73 Å². The third kappa shape index (κ3) is 4.41. The van der Waals surface area contributed by atoms with Crippen molar-refractivity contribution in [3.8, 4) is 0 Å². The Balaban J connectivity index is 0.00000180. The molecule has 19 heavy (non-hydrogen) atoms. The van der Waals surface area contributed by atoms with E-state index in [1.54, 1.807) is 12.1 Å². The van der Waals surface area contributed by atoms with Crippen LogP contribution in [0, 0.1) is 0 Å². The van der Waals surface area contributed by atoms with Crippen molar-refractivity contribution in [3.05, 3.63) is 35.4 Å². The molecule has 1 heterocycles. The number of halogens is 3. The Hall–Kier alpha value is -0.710. The van der Waals surface area contributed by atoms with Crippen molar-refractivity contribution in [2.24, 2.45) is 5.73 Å². The average Bonchev–Trinajstić information content (AvgIpc) is 2.40. The summed E-state index contributed by atoms with van der Waals surface area (Å²) in [6, 6.07) is 7.06. The largest absolute Gasteiger partial charge is 0.329 e. The predicted molar refractivity (Wildman–Crippen MR) is 75.8 cm³/mol. The number of benzene rings is 1. The maximum atomic E-state index is 12.4. The fourth-order valence-corrected chi connectivity index (χ4v) is 2.54. The van der Waals surface area contributed by atoms with Gasteiger partial charge in [0.1, 0.15) is 0 Å². The molecular weight excluding hydrogens is 270 g/mol. The van der Waals surface area contributed by atoms with E-state index in [0.717, 1.165) is 25.1 Å². The lowest BCUT2D eigenvalue weighted by molar-refractivity contribution is 0.144. The van der Waals surface area contributed by atoms with Gasteiger partial charge in [0.2, 0.25) is 0 Å². The summed E-state index contributed by atoms with van der Waals surface area (Å²) in [6.45, 7) is 2.54. The van der Waals surface area contributed by atoms with Gasteiger partial charge in [0.15, 0.2) is 0 Å². The molecule has 0 radical (unpaired) electrons. The van der Waals surface area contributed by atoms with Crippen LogP contribution in [0.2, 0.25) is 0 Å². The van der Waals surface area contributed by atoms with Gasteiger partial charge in [-0.1, -0.05) is 30.7 Å². The van der Waals surface area contributed by atoms with Crippen molar-refractivity contribution in [2.45, 2.75) is 38.3 Å². The summed E-state index contributed by atoms with van der Waals surface area (Å²) in [5.41, 5.74) is 6.94. The zero-order chi connectivity index (χ0) is 13.0. The predicted octanol–water partition coefficient (Wildman–Crippen LogP) is 3.36. The summed E-state index contributed by atoms with van der Waals surface area (Å²) >= 11 is 0. The SMILES string of the molecule is Cl.NCC1CCCCN1Cc1ccc(C(F)F)cc1. The number of nitrogens with zero attached hydrogens (tertiary/aromatic N) is 1. The molecule has 0 saturated carbocycles. The highest BCUT2D eigenvalue weighted by Gasteiger charge is 2.20. The minimum absolute atomic E-state index is 0. The van der Waals surface area contributed by atoms with E-state index in [9.17, 15) is 8.78 Å². The van der Waals surface area contributed by atoms with Crippen LogP contribution in [-0.4, -0.2) is 24.0 Å². The molecule has 1 fully saturated rings. The van der Waals surface area contributed by atoms with Crippen LogP contribution in [0.1, 0.15) is 36.8 Å². The molecule has 0 bridgehead atoms. The van der Waals surface area contributed by atoms with Crippen LogP contribution in [0.25, 0.3) is 0 Å². The number of rotatable bonds is 4. The number of nitrogens with two attached hydrogens (primary N) is 1. The summed E-state index contributed by atoms with van der Waals surface area (Å²) in [7, 11) is 0. The maximum Gasteiger partial charge on any atom is 0.263 e. The molecule has 108 valence electrons.